The Morgan fingerprint density at radius 1 is 1.25 bits per heavy atom. The number of aryl methyl sites for hydroxylation is 1. The average molecular weight is 328 g/mol. The van der Waals surface area contributed by atoms with Crippen molar-refractivity contribution in [2.45, 2.75) is 51.0 Å². The zero-order chi connectivity index (χ0) is 17.2. The predicted octanol–water partition coefficient (Wildman–Crippen LogP) is 3.66. The standard InChI is InChI=1S/C20H28N2O2/c1-15-7-8-17-16(13-24-18(17)11-15)12-19(23)21-14-20(22(2)3)9-5-4-6-10-20/h7-8,11,13H,4-6,9-10,12,14H2,1-3H3,(H,21,23). The number of hydrogen-bond acceptors (Lipinski definition) is 3. The molecule has 0 bridgehead atoms. The summed E-state index contributed by atoms with van der Waals surface area (Å²) in [7, 11) is 4.26. The van der Waals surface area contributed by atoms with Crippen LogP contribution in [0.3, 0.4) is 0 Å². The molecule has 1 aromatic heterocycles. The monoisotopic (exact) mass is 328 g/mol. The molecule has 3 rings (SSSR count). The normalized spacial score (nSPS) is 17.3. The van der Waals surface area contributed by atoms with E-state index in [2.05, 4.69) is 30.4 Å². The average Bonchev–Trinajstić information content (AvgIpc) is 2.95. The fourth-order valence-corrected chi connectivity index (χ4v) is 3.82. The van der Waals surface area contributed by atoms with Crippen molar-refractivity contribution in [1.29, 1.82) is 0 Å². The summed E-state index contributed by atoms with van der Waals surface area (Å²) in [6.07, 6.45) is 8.22. The summed E-state index contributed by atoms with van der Waals surface area (Å²) in [6.45, 7) is 2.77. The molecule has 0 atom stereocenters. The molecule has 1 amide bonds. The fraction of sp³-hybridized carbons (Fsp3) is 0.550. The number of likely N-dealkylation sites (N-methyl/N-ethyl adjacent to an activating group) is 1. The van der Waals surface area contributed by atoms with Crippen LogP contribution in [0.2, 0.25) is 0 Å². The molecule has 0 unspecified atom stereocenters. The summed E-state index contributed by atoms with van der Waals surface area (Å²) in [6, 6.07) is 6.11. The molecule has 4 heteroatoms. The zero-order valence-electron chi connectivity index (χ0n) is 15.0. The van der Waals surface area contributed by atoms with Crippen LogP contribution in [0.15, 0.2) is 28.9 Å². The van der Waals surface area contributed by atoms with Crippen molar-refractivity contribution in [2.75, 3.05) is 20.6 Å². The Kier molecular flexibility index (Phi) is 4.95. The molecule has 24 heavy (non-hydrogen) atoms. The number of fused-ring (bicyclic) bond motifs is 1. The zero-order valence-corrected chi connectivity index (χ0v) is 15.0. The van der Waals surface area contributed by atoms with Gasteiger partial charge in [0.25, 0.3) is 0 Å². The van der Waals surface area contributed by atoms with Crippen LogP contribution < -0.4 is 5.32 Å². The molecule has 0 spiro atoms. The van der Waals surface area contributed by atoms with E-state index >= 15 is 0 Å². The molecule has 1 aliphatic carbocycles. The Balaban J connectivity index is 1.64. The minimum absolute atomic E-state index is 0.0741. The van der Waals surface area contributed by atoms with Gasteiger partial charge in [-0.25, -0.2) is 0 Å². The minimum atomic E-state index is 0.0741. The van der Waals surface area contributed by atoms with Crippen LogP contribution in [-0.2, 0) is 11.2 Å². The van der Waals surface area contributed by atoms with Crippen molar-refractivity contribution >= 4 is 16.9 Å². The van der Waals surface area contributed by atoms with Gasteiger partial charge in [0.05, 0.1) is 12.7 Å². The van der Waals surface area contributed by atoms with E-state index in [1.165, 1.54) is 19.3 Å². The third kappa shape index (κ3) is 3.48. The van der Waals surface area contributed by atoms with E-state index in [1.807, 2.05) is 19.1 Å². The molecule has 0 aliphatic heterocycles. The summed E-state index contributed by atoms with van der Waals surface area (Å²) < 4.78 is 5.60. The summed E-state index contributed by atoms with van der Waals surface area (Å²) in [5.74, 6) is 0.0741. The van der Waals surface area contributed by atoms with Gasteiger partial charge in [0.2, 0.25) is 5.91 Å². The van der Waals surface area contributed by atoms with Gasteiger partial charge in [-0.2, -0.15) is 0 Å². The molecule has 1 fully saturated rings. The lowest BCUT2D eigenvalue weighted by molar-refractivity contribution is -0.121. The molecule has 4 nitrogen and oxygen atoms in total. The number of nitrogens with one attached hydrogen (secondary N) is 1. The fourth-order valence-electron chi connectivity index (χ4n) is 3.82. The lowest BCUT2D eigenvalue weighted by Gasteiger charge is -2.43. The smallest absolute Gasteiger partial charge is 0.224 e. The number of carbonyl (C=O) groups is 1. The topological polar surface area (TPSA) is 45.5 Å². The molecule has 2 aromatic rings. The Morgan fingerprint density at radius 3 is 2.71 bits per heavy atom. The highest BCUT2D eigenvalue weighted by Gasteiger charge is 2.34. The van der Waals surface area contributed by atoms with Gasteiger partial charge in [-0.05, 0) is 45.5 Å². The molecule has 1 aromatic carbocycles. The van der Waals surface area contributed by atoms with Gasteiger partial charge in [0, 0.05) is 23.0 Å². The Morgan fingerprint density at radius 2 is 2.00 bits per heavy atom. The summed E-state index contributed by atoms with van der Waals surface area (Å²) in [4.78, 5) is 14.8. The third-order valence-electron chi connectivity index (χ3n) is 5.51. The van der Waals surface area contributed by atoms with E-state index in [0.717, 1.165) is 41.5 Å². The number of amides is 1. The first-order chi connectivity index (χ1) is 11.5. The highest BCUT2D eigenvalue weighted by atomic mass is 16.3. The number of hydrogen-bond donors (Lipinski definition) is 1. The Bertz CT molecular complexity index is 711. The van der Waals surface area contributed by atoms with Crippen LogP contribution in [0.25, 0.3) is 11.0 Å². The Hall–Kier alpha value is -1.81. The van der Waals surface area contributed by atoms with E-state index in [0.29, 0.717) is 6.42 Å². The molecular formula is C20H28N2O2. The van der Waals surface area contributed by atoms with Crippen LogP contribution in [0.1, 0.15) is 43.2 Å². The number of nitrogens with zero attached hydrogens (tertiary/aromatic N) is 1. The van der Waals surface area contributed by atoms with Crippen LogP contribution in [0.4, 0.5) is 0 Å². The molecule has 1 N–H and O–H groups in total. The second-order valence-electron chi connectivity index (χ2n) is 7.39. The number of rotatable bonds is 5. The molecule has 1 aliphatic rings. The van der Waals surface area contributed by atoms with Gasteiger partial charge >= 0.3 is 0 Å². The lowest BCUT2D eigenvalue weighted by atomic mass is 9.80. The maximum absolute atomic E-state index is 12.5. The third-order valence-corrected chi connectivity index (χ3v) is 5.51. The first kappa shape index (κ1) is 17.0. The van der Waals surface area contributed by atoms with E-state index in [-0.39, 0.29) is 11.4 Å². The quantitative estimate of drug-likeness (QED) is 0.911. The first-order valence-corrected chi connectivity index (χ1v) is 8.91. The van der Waals surface area contributed by atoms with Gasteiger partial charge < -0.3 is 14.6 Å². The second-order valence-corrected chi connectivity index (χ2v) is 7.39. The maximum Gasteiger partial charge on any atom is 0.224 e. The van der Waals surface area contributed by atoms with Crippen molar-refractivity contribution in [3.63, 3.8) is 0 Å². The summed E-state index contributed by atoms with van der Waals surface area (Å²) >= 11 is 0. The van der Waals surface area contributed by atoms with Crippen LogP contribution in [0, 0.1) is 6.92 Å². The summed E-state index contributed by atoms with van der Waals surface area (Å²) in [5.41, 5.74) is 3.10. The lowest BCUT2D eigenvalue weighted by Crippen LogP contribution is -2.54. The van der Waals surface area contributed by atoms with E-state index < -0.39 is 0 Å². The van der Waals surface area contributed by atoms with Crippen LogP contribution >= 0.6 is 0 Å². The van der Waals surface area contributed by atoms with Crippen LogP contribution in [0.5, 0.6) is 0 Å². The van der Waals surface area contributed by atoms with Gasteiger partial charge in [-0.15, -0.1) is 0 Å². The van der Waals surface area contributed by atoms with E-state index in [1.54, 1.807) is 6.26 Å². The Labute approximate surface area is 144 Å². The molecule has 0 saturated heterocycles. The first-order valence-electron chi connectivity index (χ1n) is 8.91. The largest absolute Gasteiger partial charge is 0.464 e. The van der Waals surface area contributed by atoms with Gasteiger partial charge in [0.1, 0.15) is 5.58 Å². The molecule has 1 saturated carbocycles. The molecule has 130 valence electrons. The minimum Gasteiger partial charge on any atom is -0.464 e. The number of benzene rings is 1. The van der Waals surface area contributed by atoms with Gasteiger partial charge in [-0.3, -0.25) is 4.79 Å². The second kappa shape index (κ2) is 6.98. The van der Waals surface area contributed by atoms with Crippen molar-refractivity contribution in [1.82, 2.24) is 10.2 Å². The predicted molar refractivity (Wildman–Crippen MR) is 97.2 cm³/mol. The summed E-state index contributed by atoms with van der Waals surface area (Å²) in [5, 5.41) is 4.20. The van der Waals surface area contributed by atoms with Crippen molar-refractivity contribution in [2.24, 2.45) is 0 Å². The van der Waals surface area contributed by atoms with E-state index in [9.17, 15) is 4.79 Å². The van der Waals surface area contributed by atoms with Crippen molar-refractivity contribution < 1.29 is 9.21 Å². The number of carbonyl (C=O) groups excluding carboxylic acids is 1. The maximum atomic E-state index is 12.5. The molecule has 0 radical (unpaired) electrons. The number of furan rings is 1. The van der Waals surface area contributed by atoms with Crippen molar-refractivity contribution in [3.8, 4) is 0 Å². The van der Waals surface area contributed by atoms with Gasteiger partial charge in [0.15, 0.2) is 0 Å². The highest BCUT2D eigenvalue weighted by molar-refractivity contribution is 5.87. The SMILES string of the molecule is Cc1ccc2c(CC(=O)NCC3(N(C)C)CCCCC3)coc2c1. The molecule has 1 heterocycles. The van der Waals surface area contributed by atoms with Crippen molar-refractivity contribution in [3.05, 3.63) is 35.6 Å². The van der Waals surface area contributed by atoms with Crippen LogP contribution in [-0.4, -0.2) is 37.0 Å². The van der Waals surface area contributed by atoms with E-state index in [4.69, 9.17) is 4.42 Å². The van der Waals surface area contributed by atoms with Gasteiger partial charge in [-0.1, -0.05) is 31.4 Å². The molecular weight excluding hydrogens is 300 g/mol. The highest BCUT2D eigenvalue weighted by Crippen LogP contribution is 2.31.